The van der Waals surface area contributed by atoms with Crippen LogP contribution in [-0.2, 0) is 16.6 Å². The van der Waals surface area contributed by atoms with Crippen LogP contribution >= 0.6 is 0 Å². The van der Waals surface area contributed by atoms with Crippen molar-refractivity contribution in [2.75, 3.05) is 27.2 Å². The first kappa shape index (κ1) is 18.6. The smallest absolute Gasteiger partial charge is 0.253 e. The molecule has 2 aromatic rings. The van der Waals surface area contributed by atoms with Gasteiger partial charge in [0.2, 0.25) is 10.0 Å². The third kappa shape index (κ3) is 4.14. The van der Waals surface area contributed by atoms with Crippen LogP contribution in [0.4, 0.5) is 0 Å². The Balaban J connectivity index is 1.72. The fraction of sp³-hybridized carbons (Fsp3) is 0.389. The first-order valence-electron chi connectivity index (χ1n) is 8.43. The Kier molecular flexibility index (Phi) is 5.45. The summed E-state index contributed by atoms with van der Waals surface area (Å²) in [6.45, 7) is 1.46. The number of hydrogen-bond donors (Lipinski definition) is 1. The molecule has 0 spiro atoms. The predicted octanol–water partition coefficient (Wildman–Crippen LogP) is 1.53. The molecular formula is C18H23N3O4S. The fourth-order valence-electron chi connectivity index (χ4n) is 2.98. The highest BCUT2D eigenvalue weighted by Gasteiger charge is 2.28. The van der Waals surface area contributed by atoms with E-state index in [1.54, 1.807) is 23.1 Å². The molecule has 0 saturated carbocycles. The summed E-state index contributed by atoms with van der Waals surface area (Å²) in [5.41, 5.74) is 1.11. The molecule has 1 aliphatic rings. The predicted molar refractivity (Wildman–Crippen MR) is 97.2 cm³/mol. The van der Waals surface area contributed by atoms with Gasteiger partial charge in [0.15, 0.2) is 0 Å². The average Bonchev–Trinajstić information content (AvgIpc) is 3.31. The molecule has 8 heteroatoms. The van der Waals surface area contributed by atoms with E-state index in [0.717, 1.165) is 12.0 Å². The molecule has 2 heterocycles. The summed E-state index contributed by atoms with van der Waals surface area (Å²) in [5.74, 6) is -0.138. The van der Waals surface area contributed by atoms with Gasteiger partial charge in [-0.1, -0.05) is 6.07 Å². The van der Waals surface area contributed by atoms with Crippen molar-refractivity contribution in [3.63, 3.8) is 0 Å². The molecule has 0 bridgehead atoms. The summed E-state index contributed by atoms with van der Waals surface area (Å²) < 4.78 is 32.4. The van der Waals surface area contributed by atoms with Crippen molar-refractivity contribution in [3.05, 3.63) is 54.0 Å². The molecule has 26 heavy (non-hydrogen) atoms. The second kappa shape index (κ2) is 7.61. The average molecular weight is 377 g/mol. The second-order valence-electron chi connectivity index (χ2n) is 6.64. The number of likely N-dealkylation sites (N-methyl/N-ethyl adjacent to an activating group) is 1. The van der Waals surface area contributed by atoms with Crippen LogP contribution < -0.4 is 4.72 Å². The third-order valence-electron chi connectivity index (χ3n) is 4.62. The number of sulfonamides is 1. The standard InChI is InChI=1S/C18H23N3O4S/c1-20(2)16-6-8-21(12-16)18(22)15-4-3-5-17(10-15)26(23,24)19-11-14-7-9-25-13-14/h3-5,7,9-10,13,16,19H,6,8,11-12H2,1-2H3/t16-/m0/s1. The number of rotatable bonds is 6. The highest BCUT2D eigenvalue weighted by atomic mass is 32.2. The fourth-order valence-corrected chi connectivity index (χ4v) is 4.04. The molecule has 1 amide bonds. The number of nitrogens with zero attached hydrogens (tertiary/aromatic N) is 2. The van der Waals surface area contributed by atoms with Gasteiger partial charge in [0, 0.05) is 36.8 Å². The van der Waals surface area contributed by atoms with E-state index in [1.807, 2.05) is 14.1 Å². The molecule has 7 nitrogen and oxygen atoms in total. The largest absolute Gasteiger partial charge is 0.472 e. The molecule has 1 N–H and O–H groups in total. The molecule has 1 aromatic carbocycles. The van der Waals surface area contributed by atoms with E-state index in [-0.39, 0.29) is 17.3 Å². The number of hydrogen-bond acceptors (Lipinski definition) is 5. The van der Waals surface area contributed by atoms with Gasteiger partial charge < -0.3 is 14.2 Å². The van der Waals surface area contributed by atoms with Crippen LogP contribution in [0.15, 0.2) is 52.2 Å². The summed E-state index contributed by atoms with van der Waals surface area (Å²) in [5, 5.41) is 0. The minimum Gasteiger partial charge on any atom is -0.472 e. The Morgan fingerprint density at radius 3 is 2.81 bits per heavy atom. The van der Waals surface area contributed by atoms with Crippen LogP contribution in [0.5, 0.6) is 0 Å². The highest BCUT2D eigenvalue weighted by Crippen LogP contribution is 2.19. The number of carbonyl (C=O) groups is 1. The zero-order valence-corrected chi connectivity index (χ0v) is 15.7. The number of carbonyl (C=O) groups excluding carboxylic acids is 1. The van der Waals surface area contributed by atoms with Crippen LogP contribution in [0.1, 0.15) is 22.3 Å². The van der Waals surface area contributed by atoms with Gasteiger partial charge in [-0.3, -0.25) is 4.79 Å². The zero-order valence-electron chi connectivity index (χ0n) is 14.9. The first-order chi connectivity index (χ1) is 12.4. The number of amides is 1. The topological polar surface area (TPSA) is 82.9 Å². The van der Waals surface area contributed by atoms with Gasteiger partial charge in [0.05, 0.1) is 17.4 Å². The Labute approximate surface area is 153 Å². The normalized spacial score (nSPS) is 17.8. The third-order valence-corrected chi connectivity index (χ3v) is 6.02. The van der Waals surface area contributed by atoms with Crippen molar-refractivity contribution < 1.29 is 17.6 Å². The van der Waals surface area contributed by atoms with Crippen molar-refractivity contribution in [2.45, 2.75) is 23.9 Å². The summed E-state index contributed by atoms with van der Waals surface area (Å²) in [4.78, 5) is 16.7. The van der Waals surface area contributed by atoms with E-state index in [2.05, 4.69) is 9.62 Å². The molecule has 0 aliphatic carbocycles. The van der Waals surface area contributed by atoms with E-state index in [4.69, 9.17) is 4.42 Å². The van der Waals surface area contributed by atoms with Gasteiger partial charge in [0.25, 0.3) is 5.91 Å². The van der Waals surface area contributed by atoms with Crippen LogP contribution in [-0.4, -0.2) is 57.4 Å². The minimum absolute atomic E-state index is 0.0789. The highest BCUT2D eigenvalue weighted by molar-refractivity contribution is 7.89. The SMILES string of the molecule is CN(C)[C@H]1CCN(C(=O)c2cccc(S(=O)(=O)NCc3ccoc3)c2)C1. The number of likely N-dealkylation sites (tertiary alicyclic amines) is 1. The molecular weight excluding hydrogens is 354 g/mol. The van der Waals surface area contributed by atoms with Crippen molar-refractivity contribution >= 4 is 15.9 Å². The Morgan fingerprint density at radius 2 is 2.15 bits per heavy atom. The van der Waals surface area contributed by atoms with Gasteiger partial charge in [0.1, 0.15) is 0 Å². The van der Waals surface area contributed by atoms with Crippen molar-refractivity contribution in [1.82, 2.24) is 14.5 Å². The van der Waals surface area contributed by atoms with E-state index >= 15 is 0 Å². The number of benzene rings is 1. The van der Waals surface area contributed by atoms with Crippen molar-refractivity contribution in [1.29, 1.82) is 0 Å². The zero-order chi connectivity index (χ0) is 18.7. The molecule has 3 rings (SSSR count). The van der Waals surface area contributed by atoms with Gasteiger partial charge in [-0.25, -0.2) is 13.1 Å². The van der Waals surface area contributed by atoms with Gasteiger partial charge in [-0.05, 0) is 44.8 Å². The Hall–Kier alpha value is -2.16. The first-order valence-corrected chi connectivity index (χ1v) is 9.91. The van der Waals surface area contributed by atoms with Crippen LogP contribution in [0.25, 0.3) is 0 Å². The number of nitrogens with one attached hydrogen (secondary N) is 1. The molecule has 1 aliphatic heterocycles. The maximum absolute atomic E-state index is 12.7. The van der Waals surface area contributed by atoms with E-state index < -0.39 is 10.0 Å². The number of furan rings is 1. The molecule has 1 fully saturated rings. The summed E-state index contributed by atoms with van der Waals surface area (Å²) in [6, 6.07) is 8.20. The van der Waals surface area contributed by atoms with E-state index in [1.165, 1.54) is 24.7 Å². The maximum atomic E-state index is 12.7. The maximum Gasteiger partial charge on any atom is 0.253 e. The molecule has 140 valence electrons. The second-order valence-corrected chi connectivity index (χ2v) is 8.41. The molecule has 1 aromatic heterocycles. The molecule has 1 saturated heterocycles. The Morgan fingerprint density at radius 1 is 1.35 bits per heavy atom. The van der Waals surface area contributed by atoms with Gasteiger partial charge in [-0.2, -0.15) is 0 Å². The van der Waals surface area contributed by atoms with Crippen molar-refractivity contribution in [2.24, 2.45) is 0 Å². The minimum atomic E-state index is -3.71. The van der Waals surface area contributed by atoms with Crippen molar-refractivity contribution in [3.8, 4) is 0 Å². The summed E-state index contributed by atoms with van der Waals surface area (Å²) in [6.07, 6.45) is 3.89. The molecule has 0 radical (unpaired) electrons. The Bertz CT molecular complexity index is 862. The quantitative estimate of drug-likeness (QED) is 0.826. The van der Waals surface area contributed by atoms with Crippen LogP contribution in [0.2, 0.25) is 0 Å². The van der Waals surface area contributed by atoms with E-state index in [0.29, 0.717) is 24.7 Å². The van der Waals surface area contributed by atoms with Crippen LogP contribution in [0, 0.1) is 0 Å². The molecule has 0 unspecified atom stereocenters. The van der Waals surface area contributed by atoms with E-state index in [9.17, 15) is 13.2 Å². The lowest BCUT2D eigenvalue weighted by Crippen LogP contribution is -2.34. The summed E-state index contributed by atoms with van der Waals surface area (Å²) in [7, 11) is 0.284. The lowest BCUT2D eigenvalue weighted by molar-refractivity contribution is 0.0783. The monoisotopic (exact) mass is 377 g/mol. The van der Waals surface area contributed by atoms with Crippen LogP contribution in [0.3, 0.4) is 0 Å². The summed E-state index contributed by atoms with van der Waals surface area (Å²) >= 11 is 0. The lowest BCUT2D eigenvalue weighted by Gasteiger charge is -2.20. The lowest BCUT2D eigenvalue weighted by atomic mass is 10.2. The van der Waals surface area contributed by atoms with Gasteiger partial charge >= 0.3 is 0 Å². The molecule has 1 atom stereocenters. The van der Waals surface area contributed by atoms with Gasteiger partial charge in [-0.15, -0.1) is 0 Å².